The number of rotatable bonds is 12. The van der Waals surface area contributed by atoms with Crippen LogP contribution in [0.4, 0.5) is 0 Å². The van der Waals surface area contributed by atoms with Crippen LogP contribution in [0, 0.1) is 0 Å². The molecule has 0 aliphatic heterocycles. The van der Waals surface area contributed by atoms with Crippen LogP contribution >= 0.6 is 0 Å². The van der Waals surface area contributed by atoms with Gasteiger partial charge in [0.25, 0.3) is 5.91 Å². The lowest BCUT2D eigenvalue weighted by molar-refractivity contribution is 0.0932. The van der Waals surface area contributed by atoms with E-state index in [1.165, 1.54) is 11.8 Å². The molecule has 3 rings (SSSR count). The summed E-state index contributed by atoms with van der Waals surface area (Å²) in [4.78, 5) is 18.9. The predicted molar refractivity (Wildman–Crippen MR) is 122 cm³/mol. The predicted octanol–water partition coefficient (Wildman–Crippen LogP) is 4.21. The molecule has 0 fully saturated rings. The molecule has 1 heterocycles. The summed E-state index contributed by atoms with van der Waals surface area (Å²) in [6.07, 6.45) is 1.40. The monoisotopic (exact) mass is 437 g/mol. The van der Waals surface area contributed by atoms with Crippen LogP contribution in [0.15, 0.2) is 65.3 Å². The molecular formula is C25H31N3O4. The number of nitrogens with one attached hydrogen (secondary N) is 1. The third kappa shape index (κ3) is 6.67. The van der Waals surface area contributed by atoms with Gasteiger partial charge in [-0.3, -0.25) is 9.69 Å². The molecule has 1 unspecified atom stereocenters. The van der Waals surface area contributed by atoms with Gasteiger partial charge in [-0.1, -0.05) is 42.5 Å². The number of carbonyl (C=O) groups excluding carboxylic acids is 1. The molecule has 0 saturated heterocycles. The van der Waals surface area contributed by atoms with E-state index in [1.54, 1.807) is 7.11 Å². The fourth-order valence-electron chi connectivity index (χ4n) is 3.38. The van der Waals surface area contributed by atoms with Gasteiger partial charge in [-0.25, -0.2) is 4.98 Å². The second kappa shape index (κ2) is 12.0. The Hall–Kier alpha value is -3.16. The maximum Gasteiger partial charge on any atom is 0.273 e. The van der Waals surface area contributed by atoms with E-state index in [4.69, 9.17) is 13.9 Å². The lowest BCUT2D eigenvalue weighted by atomic mass is 10.1. The zero-order valence-electron chi connectivity index (χ0n) is 18.9. The Labute approximate surface area is 189 Å². The molecule has 1 amide bonds. The van der Waals surface area contributed by atoms with Gasteiger partial charge in [0.15, 0.2) is 5.69 Å². The van der Waals surface area contributed by atoms with Gasteiger partial charge in [-0.2, -0.15) is 0 Å². The molecule has 3 aromatic rings. The summed E-state index contributed by atoms with van der Waals surface area (Å²) >= 11 is 0. The molecule has 0 bridgehead atoms. The minimum absolute atomic E-state index is 0.119. The molecule has 7 heteroatoms. The Balaban J connectivity index is 1.74. The van der Waals surface area contributed by atoms with Crippen molar-refractivity contribution in [1.82, 2.24) is 15.2 Å². The largest absolute Gasteiger partial charge is 0.494 e. The summed E-state index contributed by atoms with van der Waals surface area (Å²) in [6, 6.07) is 18.5. The second-order valence-electron chi connectivity index (χ2n) is 7.44. The van der Waals surface area contributed by atoms with Crippen LogP contribution in [-0.4, -0.2) is 42.7 Å². The van der Waals surface area contributed by atoms with Crippen molar-refractivity contribution >= 4 is 5.91 Å². The Bertz CT molecular complexity index is 957. The fourth-order valence-corrected chi connectivity index (χ4v) is 3.38. The molecule has 170 valence electrons. The Morgan fingerprint density at radius 1 is 1.12 bits per heavy atom. The number of hydrogen-bond acceptors (Lipinski definition) is 6. The van der Waals surface area contributed by atoms with Crippen LogP contribution in [0.1, 0.15) is 47.4 Å². The van der Waals surface area contributed by atoms with Gasteiger partial charge in [0, 0.05) is 26.2 Å². The van der Waals surface area contributed by atoms with Gasteiger partial charge in [-0.15, -0.1) is 0 Å². The van der Waals surface area contributed by atoms with Crippen molar-refractivity contribution < 1.29 is 18.7 Å². The van der Waals surface area contributed by atoms with Crippen molar-refractivity contribution in [3.05, 3.63) is 83.6 Å². The third-order valence-electron chi connectivity index (χ3n) is 5.16. The number of nitrogens with zero attached hydrogens (tertiary/aromatic N) is 2. The first-order valence-corrected chi connectivity index (χ1v) is 10.8. The van der Waals surface area contributed by atoms with Crippen LogP contribution in [0.3, 0.4) is 0 Å². The topological polar surface area (TPSA) is 76.8 Å². The van der Waals surface area contributed by atoms with E-state index < -0.39 is 0 Å². The van der Waals surface area contributed by atoms with Crippen LogP contribution in [0.25, 0.3) is 0 Å². The number of ether oxygens (including phenoxy) is 2. The molecule has 1 atom stereocenters. The van der Waals surface area contributed by atoms with Gasteiger partial charge in [0.05, 0.1) is 19.8 Å². The quantitative estimate of drug-likeness (QED) is 0.428. The summed E-state index contributed by atoms with van der Waals surface area (Å²) in [5, 5.41) is 2.76. The number of aromatic nitrogens is 1. The smallest absolute Gasteiger partial charge is 0.273 e. The van der Waals surface area contributed by atoms with Crippen molar-refractivity contribution in [2.45, 2.75) is 33.0 Å². The molecule has 0 aliphatic carbocycles. The highest BCUT2D eigenvalue weighted by molar-refractivity contribution is 5.91. The highest BCUT2D eigenvalue weighted by atomic mass is 16.5. The second-order valence-corrected chi connectivity index (χ2v) is 7.44. The normalized spacial score (nSPS) is 12.0. The first-order valence-electron chi connectivity index (χ1n) is 10.8. The van der Waals surface area contributed by atoms with Gasteiger partial charge >= 0.3 is 0 Å². The fraction of sp³-hybridized carbons (Fsp3) is 0.360. The highest BCUT2D eigenvalue weighted by Crippen LogP contribution is 2.25. The average Bonchev–Trinajstić information content (AvgIpc) is 3.29. The standard InChI is InChI=1S/C25H31N3O4/c1-4-31-22-12-10-20(11-13-22)16-28(19(2)21-8-6-5-7-9-21)17-24-27-23(18-32-24)25(29)26-14-15-30-3/h5-13,18-19H,4,14-17H2,1-3H3,(H,26,29). The van der Waals surface area contributed by atoms with Gasteiger partial charge in [-0.05, 0) is 37.1 Å². The van der Waals surface area contributed by atoms with E-state index in [2.05, 4.69) is 46.4 Å². The lowest BCUT2D eigenvalue weighted by Gasteiger charge is -2.28. The Morgan fingerprint density at radius 2 is 1.88 bits per heavy atom. The molecule has 1 N–H and O–H groups in total. The summed E-state index contributed by atoms with van der Waals surface area (Å²) in [7, 11) is 1.59. The Kier molecular flexibility index (Phi) is 8.83. The SMILES string of the molecule is CCOc1ccc(CN(Cc2nc(C(=O)NCCOC)co2)C(C)c2ccccc2)cc1. The van der Waals surface area contributed by atoms with Crippen LogP contribution in [0.5, 0.6) is 5.75 Å². The maximum absolute atomic E-state index is 12.2. The van der Waals surface area contributed by atoms with Crippen molar-refractivity contribution in [3.63, 3.8) is 0 Å². The third-order valence-corrected chi connectivity index (χ3v) is 5.16. The maximum atomic E-state index is 12.2. The van der Waals surface area contributed by atoms with Gasteiger partial charge in [0.2, 0.25) is 5.89 Å². The zero-order chi connectivity index (χ0) is 22.8. The van der Waals surface area contributed by atoms with E-state index in [0.29, 0.717) is 38.7 Å². The average molecular weight is 438 g/mol. The van der Waals surface area contributed by atoms with Gasteiger partial charge in [0.1, 0.15) is 12.0 Å². The first-order chi connectivity index (χ1) is 15.6. The number of methoxy groups -OCH3 is 1. The summed E-state index contributed by atoms with van der Waals surface area (Å²) in [6.45, 7) is 6.80. The molecule has 0 saturated carbocycles. The number of oxazole rings is 1. The zero-order valence-corrected chi connectivity index (χ0v) is 18.9. The molecule has 32 heavy (non-hydrogen) atoms. The number of amides is 1. The summed E-state index contributed by atoms with van der Waals surface area (Å²) in [5.41, 5.74) is 2.62. The van der Waals surface area contributed by atoms with Crippen molar-refractivity contribution in [2.75, 3.05) is 26.9 Å². The molecule has 0 spiro atoms. The first kappa shape index (κ1) is 23.5. The molecule has 0 radical (unpaired) electrons. The van der Waals surface area contributed by atoms with E-state index in [9.17, 15) is 4.79 Å². The van der Waals surface area contributed by atoms with E-state index in [-0.39, 0.29) is 17.6 Å². The van der Waals surface area contributed by atoms with E-state index in [1.807, 2.05) is 37.3 Å². The molecule has 1 aromatic heterocycles. The summed E-state index contributed by atoms with van der Waals surface area (Å²) < 4.78 is 16.1. The Morgan fingerprint density at radius 3 is 2.56 bits per heavy atom. The van der Waals surface area contributed by atoms with Crippen LogP contribution in [0.2, 0.25) is 0 Å². The van der Waals surface area contributed by atoms with Crippen molar-refractivity contribution in [2.24, 2.45) is 0 Å². The van der Waals surface area contributed by atoms with E-state index >= 15 is 0 Å². The molecular weight excluding hydrogens is 406 g/mol. The number of hydrogen-bond donors (Lipinski definition) is 1. The summed E-state index contributed by atoms with van der Waals surface area (Å²) in [5.74, 6) is 1.08. The molecule has 7 nitrogen and oxygen atoms in total. The minimum Gasteiger partial charge on any atom is -0.494 e. The highest BCUT2D eigenvalue weighted by Gasteiger charge is 2.20. The van der Waals surface area contributed by atoms with Crippen molar-refractivity contribution in [1.29, 1.82) is 0 Å². The van der Waals surface area contributed by atoms with Crippen LogP contribution < -0.4 is 10.1 Å². The van der Waals surface area contributed by atoms with E-state index in [0.717, 1.165) is 11.3 Å². The lowest BCUT2D eigenvalue weighted by Crippen LogP contribution is -2.28. The number of benzene rings is 2. The van der Waals surface area contributed by atoms with Crippen molar-refractivity contribution in [3.8, 4) is 5.75 Å². The molecule has 0 aliphatic rings. The minimum atomic E-state index is -0.272. The van der Waals surface area contributed by atoms with Crippen LogP contribution in [-0.2, 0) is 17.8 Å². The molecule has 2 aromatic carbocycles. The number of carbonyl (C=O) groups is 1. The van der Waals surface area contributed by atoms with Gasteiger partial charge < -0.3 is 19.2 Å².